The Labute approximate surface area is 180 Å². The first-order valence-electron chi connectivity index (χ1n) is 9.55. The molecule has 0 aliphatic heterocycles. The number of nitrogens with zero attached hydrogens (tertiary/aromatic N) is 1. The van der Waals surface area contributed by atoms with Gasteiger partial charge in [0.25, 0.3) is 0 Å². The van der Waals surface area contributed by atoms with Crippen molar-refractivity contribution in [3.8, 4) is 0 Å². The topological polar surface area (TPSA) is 49.4 Å². The van der Waals surface area contributed by atoms with E-state index in [-0.39, 0.29) is 29.9 Å². The molecule has 0 aliphatic carbocycles. The van der Waals surface area contributed by atoms with Crippen LogP contribution in [0.1, 0.15) is 31.4 Å². The molecule has 0 saturated carbocycles. The minimum Gasteiger partial charge on any atom is -0.354 e. The fourth-order valence-corrected chi connectivity index (χ4v) is 3.87. The molecule has 2 aromatic carbocycles. The monoisotopic (exact) mass is 436 g/mol. The Morgan fingerprint density at radius 3 is 2.66 bits per heavy atom. The van der Waals surface area contributed by atoms with Gasteiger partial charge in [-0.2, -0.15) is 0 Å². The highest BCUT2D eigenvalue weighted by Gasteiger charge is 2.25. The molecule has 1 N–H and O–H groups in total. The van der Waals surface area contributed by atoms with Crippen molar-refractivity contribution in [2.24, 2.45) is 0 Å². The number of hydrogen-bond donors (Lipinski definition) is 1. The van der Waals surface area contributed by atoms with E-state index >= 15 is 0 Å². The molecule has 2 rings (SSSR count). The highest BCUT2D eigenvalue weighted by atomic mass is 35.5. The molecule has 0 heterocycles. The van der Waals surface area contributed by atoms with E-state index in [0.29, 0.717) is 22.9 Å². The Hall–Kier alpha value is -2.05. The molecule has 29 heavy (non-hydrogen) atoms. The second-order valence-corrected chi connectivity index (χ2v) is 8.12. The average molecular weight is 437 g/mol. The van der Waals surface area contributed by atoms with Crippen molar-refractivity contribution in [2.45, 2.75) is 38.6 Å². The number of thioether (sulfide) groups is 1. The summed E-state index contributed by atoms with van der Waals surface area (Å²) in [7, 11) is 0. The molecular formula is C22H26ClFN2O2S. The van der Waals surface area contributed by atoms with E-state index in [1.54, 1.807) is 42.2 Å². The predicted octanol–water partition coefficient (Wildman–Crippen LogP) is 4.66. The zero-order valence-electron chi connectivity index (χ0n) is 16.7. The standard InChI is InChI=1S/C22H26ClFN2O2S/c1-3-11-25-22(28)16(2)26(13-17-7-6-9-19(23)12-17)21(27)15-29-14-18-8-4-5-10-20(18)24/h4-10,12,16H,3,11,13-15H2,1-2H3,(H,25,28)/t16-/m1/s1. The van der Waals surface area contributed by atoms with Gasteiger partial charge in [-0.3, -0.25) is 9.59 Å². The van der Waals surface area contributed by atoms with E-state index in [4.69, 9.17) is 11.6 Å². The fourth-order valence-electron chi connectivity index (χ4n) is 2.76. The largest absolute Gasteiger partial charge is 0.354 e. The van der Waals surface area contributed by atoms with Gasteiger partial charge in [-0.05, 0) is 42.7 Å². The van der Waals surface area contributed by atoms with E-state index in [2.05, 4.69) is 5.32 Å². The zero-order chi connectivity index (χ0) is 21.2. The molecule has 0 fully saturated rings. The molecule has 2 aromatic rings. The van der Waals surface area contributed by atoms with Crippen LogP contribution < -0.4 is 5.32 Å². The van der Waals surface area contributed by atoms with Crippen LogP contribution in [0.5, 0.6) is 0 Å². The number of amides is 2. The van der Waals surface area contributed by atoms with Gasteiger partial charge in [-0.25, -0.2) is 4.39 Å². The lowest BCUT2D eigenvalue weighted by molar-refractivity contribution is -0.138. The molecule has 0 radical (unpaired) electrons. The van der Waals surface area contributed by atoms with E-state index in [0.717, 1.165) is 12.0 Å². The third-order valence-corrected chi connectivity index (χ3v) is 5.60. The number of nitrogens with one attached hydrogen (secondary N) is 1. The van der Waals surface area contributed by atoms with Crippen LogP contribution in [-0.4, -0.2) is 35.1 Å². The number of carbonyl (C=O) groups excluding carboxylic acids is 2. The number of halogens is 2. The van der Waals surface area contributed by atoms with Crippen LogP contribution in [0.3, 0.4) is 0 Å². The molecule has 0 spiro atoms. The second-order valence-electron chi connectivity index (χ2n) is 6.70. The first kappa shape index (κ1) is 23.2. The summed E-state index contributed by atoms with van der Waals surface area (Å²) in [6.45, 7) is 4.53. The first-order valence-corrected chi connectivity index (χ1v) is 11.1. The number of carbonyl (C=O) groups is 2. The Morgan fingerprint density at radius 1 is 1.21 bits per heavy atom. The van der Waals surface area contributed by atoms with Crippen LogP contribution >= 0.6 is 23.4 Å². The van der Waals surface area contributed by atoms with Crippen LogP contribution in [0.15, 0.2) is 48.5 Å². The number of benzene rings is 2. The van der Waals surface area contributed by atoms with Crippen molar-refractivity contribution in [3.63, 3.8) is 0 Å². The van der Waals surface area contributed by atoms with E-state index in [9.17, 15) is 14.0 Å². The Balaban J connectivity index is 2.07. The Kier molecular flexibility index (Phi) is 9.48. The molecule has 156 valence electrons. The third kappa shape index (κ3) is 7.37. The van der Waals surface area contributed by atoms with Gasteiger partial charge in [0.15, 0.2) is 0 Å². The minimum absolute atomic E-state index is 0.153. The highest BCUT2D eigenvalue weighted by molar-refractivity contribution is 7.99. The van der Waals surface area contributed by atoms with Crippen LogP contribution in [-0.2, 0) is 21.9 Å². The molecule has 0 unspecified atom stereocenters. The lowest BCUT2D eigenvalue weighted by Gasteiger charge is -2.28. The zero-order valence-corrected chi connectivity index (χ0v) is 18.2. The van der Waals surface area contributed by atoms with Crippen LogP contribution in [0.2, 0.25) is 5.02 Å². The SMILES string of the molecule is CCCNC(=O)[C@@H](C)N(Cc1cccc(Cl)c1)C(=O)CSCc1ccccc1F. The lowest BCUT2D eigenvalue weighted by atomic mass is 10.1. The number of rotatable bonds is 10. The van der Waals surface area contributed by atoms with Crippen molar-refractivity contribution in [2.75, 3.05) is 12.3 Å². The maximum absolute atomic E-state index is 13.8. The molecule has 2 amide bonds. The van der Waals surface area contributed by atoms with E-state index in [1.165, 1.54) is 17.8 Å². The van der Waals surface area contributed by atoms with Crippen molar-refractivity contribution >= 4 is 35.2 Å². The summed E-state index contributed by atoms with van der Waals surface area (Å²) in [5.74, 6) is -0.109. The molecular weight excluding hydrogens is 411 g/mol. The summed E-state index contributed by atoms with van der Waals surface area (Å²) in [5, 5.41) is 3.41. The average Bonchev–Trinajstić information content (AvgIpc) is 2.71. The first-order chi connectivity index (χ1) is 13.9. The smallest absolute Gasteiger partial charge is 0.242 e. The molecule has 0 aliphatic rings. The van der Waals surface area contributed by atoms with Gasteiger partial charge in [0, 0.05) is 23.9 Å². The van der Waals surface area contributed by atoms with Gasteiger partial charge in [-0.1, -0.05) is 48.9 Å². The second kappa shape index (κ2) is 11.8. The molecule has 7 heteroatoms. The van der Waals surface area contributed by atoms with Gasteiger partial charge in [-0.15, -0.1) is 11.8 Å². The van der Waals surface area contributed by atoms with Gasteiger partial charge < -0.3 is 10.2 Å². The molecule has 4 nitrogen and oxygen atoms in total. The summed E-state index contributed by atoms with van der Waals surface area (Å²) >= 11 is 7.39. The molecule has 0 saturated heterocycles. The normalized spacial score (nSPS) is 11.7. The lowest BCUT2D eigenvalue weighted by Crippen LogP contribution is -2.48. The minimum atomic E-state index is -0.623. The van der Waals surface area contributed by atoms with Crippen LogP contribution in [0.4, 0.5) is 4.39 Å². The van der Waals surface area contributed by atoms with Gasteiger partial charge >= 0.3 is 0 Å². The summed E-state index contributed by atoms with van der Waals surface area (Å²) in [6.07, 6.45) is 0.819. The summed E-state index contributed by atoms with van der Waals surface area (Å²) < 4.78 is 13.8. The number of hydrogen-bond acceptors (Lipinski definition) is 3. The Bertz CT molecular complexity index is 834. The van der Waals surface area contributed by atoms with Gasteiger partial charge in [0.1, 0.15) is 11.9 Å². The van der Waals surface area contributed by atoms with Crippen LogP contribution in [0, 0.1) is 5.82 Å². The third-order valence-electron chi connectivity index (χ3n) is 4.40. The van der Waals surface area contributed by atoms with Crippen LogP contribution in [0.25, 0.3) is 0 Å². The van der Waals surface area contributed by atoms with E-state index in [1.807, 2.05) is 19.1 Å². The molecule has 0 bridgehead atoms. The van der Waals surface area contributed by atoms with Crippen molar-refractivity contribution in [1.29, 1.82) is 0 Å². The molecule has 0 aromatic heterocycles. The maximum Gasteiger partial charge on any atom is 0.242 e. The van der Waals surface area contributed by atoms with Gasteiger partial charge in [0.2, 0.25) is 11.8 Å². The summed E-state index contributed by atoms with van der Waals surface area (Å²) in [4.78, 5) is 26.9. The summed E-state index contributed by atoms with van der Waals surface area (Å²) in [6, 6.07) is 13.1. The highest BCUT2D eigenvalue weighted by Crippen LogP contribution is 2.19. The van der Waals surface area contributed by atoms with Crippen molar-refractivity contribution < 1.29 is 14.0 Å². The summed E-state index contributed by atoms with van der Waals surface area (Å²) in [5.41, 5.74) is 1.40. The Morgan fingerprint density at radius 2 is 1.97 bits per heavy atom. The van der Waals surface area contributed by atoms with Crippen molar-refractivity contribution in [3.05, 3.63) is 70.5 Å². The van der Waals surface area contributed by atoms with E-state index < -0.39 is 6.04 Å². The maximum atomic E-state index is 13.8. The quantitative estimate of drug-likeness (QED) is 0.589. The van der Waals surface area contributed by atoms with Gasteiger partial charge in [0.05, 0.1) is 5.75 Å². The van der Waals surface area contributed by atoms with Crippen molar-refractivity contribution in [1.82, 2.24) is 10.2 Å². The predicted molar refractivity (Wildman–Crippen MR) is 117 cm³/mol. The molecule has 1 atom stereocenters. The fraction of sp³-hybridized carbons (Fsp3) is 0.364.